The molecule has 0 spiro atoms. The standard InChI is InChI=1S/C18H21N3O3S2/c1-3-26(23,24)21-11-5-6-13-12-14(8-9-16(13)21)20-17(22)15-7-4-10-19-18(15)25-2/h4,7-10,12H,3,5-6,11H2,1-2H3,(H,20,22). The zero-order valence-corrected chi connectivity index (χ0v) is 16.4. The van der Waals surface area contributed by atoms with E-state index in [0.717, 1.165) is 18.4 Å². The van der Waals surface area contributed by atoms with Crippen LogP contribution in [0.4, 0.5) is 11.4 Å². The van der Waals surface area contributed by atoms with Crippen LogP contribution < -0.4 is 9.62 Å². The number of pyridine rings is 1. The average molecular weight is 392 g/mol. The monoisotopic (exact) mass is 391 g/mol. The predicted octanol–water partition coefficient (Wildman–Crippen LogP) is 3.16. The van der Waals surface area contributed by atoms with Crippen LogP contribution in [0.25, 0.3) is 0 Å². The van der Waals surface area contributed by atoms with Crippen LogP contribution in [0, 0.1) is 0 Å². The first-order valence-electron chi connectivity index (χ1n) is 8.40. The van der Waals surface area contributed by atoms with E-state index in [1.54, 1.807) is 37.4 Å². The zero-order valence-electron chi connectivity index (χ0n) is 14.7. The normalized spacial score (nSPS) is 14.0. The molecule has 1 aliphatic rings. The number of sulfonamides is 1. The van der Waals surface area contributed by atoms with Crippen LogP contribution in [-0.2, 0) is 16.4 Å². The molecule has 0 aliphatic carbocycles. The highest BCUT2D eigenvalue weighted by molar-refractivity contribution is 7.98. The lowest BCUT2D eigenvalue weighted by Gasteiger charge is -2.30. The van der Waals surface area contributed by atoms with E-state index in [0.29, 0.717) is 28.5 Å². The van der Waals surface area contributed by atoms with Crippen molar-refractivity contribution in [2.45, 2.75) is 24.8 Å². The van der Waals surface area contributed by atoms with E-state index < -0.39 is 10.0 Å². The number of aromatic nitrogens is 1. The molecule has 1 aliphatic heterocycles. The number of nitrogens with zero attached hydrogens (tertiary/aromatic N) is 2. The average Bonchev–Trinajstić information content (AvgIpc) is 2.67. The van der Waals surface area contributed by atoms with Gasteiger partial charge in [0.1, 0.15) is 5.03 Å². The maximum absolute atomic E-state index is 12.6. The molecule has 1 aromatic carbocycles. The van der Waals surface area contributed by atoms with Gasteiger partial charge in [-0.25, -0.2) is 13.4 Å². The van der Waals surface area contributed by atoms with Gasteiger partial charge in [0.05, 0.1) is 17.0 Å². The molecule has 0 radical (unpaired) electrons. The maximum atomic E-state index is 12.6. The third-order valence-corrected chi connectivity index (χ3v) is 6.82. The van der Waals surface area contributed by atoms with Gasteiger partial charge in [-0.1, -0.05) is 0 Å². The van der Waals surface area contributed by atoms with E-state index in [-0.39, 0.29) is 11.7 Å². The summed E-state index contributed by atoms with van der Waals surface area (Å²) in [5.74, 6) is -0.153. The van der Waals surface area contributed by atoms with Crippen LogP contribution in [0.15, 0.2) is 41.6 Å². The van der Waals surface area contributed by atoms with Crippen molar-refractivity contribution in [3.8, 4) is 0 Å². The summed E-state index contributed by atoms with van der Waals surface area (Å²) < 4.78 is 26.0. The quantitative estimate of drug-likeness (QED) is 0.792. The number of hydrogen-bond donors (Lipinski definition) is 1. The van der Waals surface area contributed by atoms with Crippen LogP contribution in [-0.4, -0.2) is 37.9 Å². The fourth-order valence-corrected chi connectivity index (χ4v) is 4.75. The largest absolute Gasteiger partial charge is 0.322 e. The Labute approximate surface area is 158 Å². The number of fused-ring (bicyclic) bond motifs is 1. The summed E-state index contributed by atoms with van der Waals surface area (Å²) in [7, 11) is -3.29. The van der Waals surface area contributed by atoms with Crippen molar-refractivity contribution < 1.29 is 13.2 Å². The van der Waals surface area contributed by atoms with Gasteiger partial charge in [-0.3, -0.25) is 9.10 Å². The predicted molar refractivity (Wildman–Crippen MR) is 106 cm³/mol. The van der Waals surface area contributed by atoms with E-state index in [4.69, 9.17) is 0 Å². The Kier molecular flexibility index (Phi) is 5.52. The Bertz CT molecular complexity index is 929. The van der Waals surface area contributed by atoms with E-state index in [9.17, 15) is 13.2 Å². The molecule has 1 N–H and O–H groups in total. The topological polar surface area (TPSA) is 79.4 Å². The van der Waals surface area contributed by atoms with Gasteiger partial charge in [0.15, 0.2) is 0 Å². The number of hydrogen-bond acceptors (Lipinski definition) is 5. The smallest absolute Gasteiger partial charge is 0.258 e. The summed E-state index contributed by atoms with van der Waals surface area (Å²) >= 11 is 1.42. The third kappa shape index (κ3) is 3.71. The van der Waals surface area contributed by atoms with Crippen molar-refractivity contribution in [1.82, 2.24) is 4.98 Å². The number of rotatable bonds is 5. The number of thioether (sulfide) groups is 1. The Morgan fingerprint density at radius 2 is 2.15 bits per heavy atom. The van der Waals surface area contributed by atoms with Crippen molar-refractivity contribution in [2.75, 3.05) is 28.2 Å². The van der Waals surface area contributed by atoms with E-state index >= 15 is 0 Å². The lowest BCUT2D eigenvalue weighted by atomic mass is 10.0. The second kappa shape index (κ2) is 7.67. The molecule has 0 unspecified atom stereocenters. The van der Waals surface area contributed by atoms with E-state index in [2.05, 4.69) is 10.3 Å². The highest BCUT2D eigenvalue weighted by atomic mass is 32.2. The first kappa shape index (κ1) is 18.7. The maximum Gasteiger partial charge on any atom is 0.258 e. The molecular weight excluding hydrogens is 370 g/mol. The fraction of sp³-hybridized carbons (Fsp3) is 0.333. The Morgan fingerprint density at radius 1 is 1.35 bits per heavy atom. The minimum Gasteiger partial charge on any atom is -0.322 e. The molecule has 0 fully saturated rings. The van der Waals surface area contributed by atoms with Crippen molar-refractivity contribution >= 4 is 39.1 Å². The first-order valence-corrected chi connectivity index (χ1v) is 11.2. The molecule has 26 heavy (non-hydrogen) atoms. The lowest BCUT2D eigenvalue weighted by molar-refractivity contribution is 0.102. The molecule has 6 nitrogen and oxygen atoms in total. The van der Waals surface area contributed by atoms with Crippen LogP contribution in [0.3, 0.4) is 0 Å². The molecule has 8 heteroatoms. The van der Waals surface area contributed by atoms with Crippen LogP contribution >= 0.6 is 11.8 Å². The summed E-state index contributed by atoms with van der Waals surface area (Å²) in [6.45, 7) is 2.15. The fourth-order valence-electron chi connectivity index (χ4n) is 3.01. The molecule has 2 aromatic rings. The SMILES string of the molecule is CCS(=O)(=O)N1CCCc2cc(NC(=O)c3cccnc3SC)ccc21. The summed E-state index contributed by atoms with van der Waals surface area (Å²) in [6, 6.07) is 8.85. The van der Waals surface area contributed by atoms with E-state index in [1.807, 2.05) is 12.3 Å². The minimum absolute atomic E-state index is 0.0728. The molecule has 1 amide bonds. The van der Waals surface area contributed by atoms with Crippen molar-refractivity contribution in [3.05, 3.63) is 47.7 Å². The van der Waals surface area contributed by atoms with Crippen LogP contribution in [0.2, 0.25) is 0 Å². The molecular formula is C18H21N3O3S2. The zero-order chi connectivity index (χ0) is 18.7. The number of carbonyl (C=O) groups is 1. The molecule has 2 heterocycles. The summed E-state index contributed by atoms with van der Waals surface area (Å²) in [5.41, 5.74) is 2.82. The number of carbonyl (C=O) groups excluding carboxylic acids is 1. The van der Waals surface area contributed by atoms with Gasteiger partial charge in [-0.05, 0) is 61.9 Å². The number of aryl methyl sites for hydroxylation is 1. The summed E-state index contributed by atoms with van der Waals surface area (Å²) in [6.07, 6.45) is 5.09. The van der Waals surface area contributed by atoms with Gasteiger partial charge in [0.25, 0.3) is 5.91 Å². The number of anilines is 2. The Morgan fingerprint density at radius 3 is 2.88 bits per heavy atom. The molecule has 0 atom stereocenters. The highest BCUT2D eigenvalue weighted by Gasteiger charge is 2.26. The highest BCUT2D eigenvalue weighted by Crippen LogP contribution is 2.32. The Balaban J connectivity index is 1.87. The van der Waals surface area contributed by atoms with Gasteiger partial charge in [0.2, 0.25) is 10.0 Å². The van der Waals surface area contributed by atoms with Crippen LogP contribution in [0.5, 0.6) is 0 Å². The molecule has 138 valence electrons. The van der Waals surface area contributed by atoms with Gasteiger partial charge < -0.3 is 5.32 Å². The van der Waals surface area contributed by atoms with Gasteiger partial charge >= 0.3 is 0 Å². The van der Waals surface area contributed by atoms with Crippen molar-refractivity contribution in [3.63, 3.8) is 0 Å². The van der Waals surface area contributed by atoms with E-state index in [1.165, 1.54) is 16.1 Å². The molecule has 0 saturated heterocycles. The second-order valence-electron chi connectivity index (χ2n) is 5.93. The van der Waals surface area contributed by atoms with Crippen molar-refractivity contribution in [2.24, 2.45) is 0 Å². The summed E-state index contributed by atoms with van der Waals surface area (Å²) in [4.78, 5) is 16.8. The van der Waals surface area contributed by atoms with Gasteiger partial charge in [-0.2, -0.15) is 0 Å². The third-order valence-electron chi connectivity index (χ3n) is 4.32. The molecule has 1 aromatic heterocycles. The molecule has 0 bridgehead atoms. The first-order chi connectivity index (χ1) is 12.5. The molecule has 3 rings (SSSR count). The molecule has 0 saturated carbocycles. The number of amides is 1. The van der Waals surface area contributed by atoms with Crippen LogP contribution in [0.1, 0.15) is 29.3 Å². The number of nitrogens with one attached hydrogen (secondary N) is 1. The minimum atomic E-state index is -3.29. The Hall–Kier alpha value is -2.06. The van der Waals surface area contributed by atoms with Gasteiger partial charge in [-0.15, -0.1) is 11.8 Å². The lowest BCUT2D eigenvalue weighted by Crippen LogP contribution is -2.36. The summed E-state index contributed by atoms with van der Waals surface area (Å²) in [5, 5.41) is 3.56. The number of benzene rings is 1. The second-order valence-corrected chi connectivity index (χ2v) is 8.91. The van der Waals surface area contributed by atoms with Crippen molar-refractivity contribution in [1.29, 1.82) is 0 Å². The van der Waals surface area contributed by atoms with Gasteiger partial charge in [0, 0.05) is 18.4 Å².